The zero-order chi connectivity index (χ0) is 14.8. The fourth-order valence-electron chi connectivity index (χ4n) is 2.37. The monoisotopic (exact) mass is 341 g/mol. The number of nitrogens with zero attached hydrogens (tertiary/aromatic N) is 1. The maximum Gasteiger partial charge on any atom is 0.128 e. The van der Waals surface area contributed by atoms with Crippen molar-refractivity contribution in [3.05, 3.63) is 76.2 Å². The van der Waals surface area contributed by atoms with Crippen molar-refractivity contribution < 1.29 is 0 Å². The molecule has 0 fully saturated rings. The summed E-state index contributed by atoms with van der Waals surface area (Å²) in [5, 5.41) is 0. The molecule has 0 spiro atoms. The molecule has 0 aliphatic heterocycles. The number of imidazole rings is 1. The SMILES string of the molecule is Cc1[nH]c(C(N)c2ccccc2)nc1-c1cccc(Br)c1. The number of halogens is 1. The van der Waals surface area contributed by atoms with Crippen LogP contribution in [0.15, 0.2) is 59.1 Å². The van der Waals surface area contributed by atoms with Gasteiger partial charge in [-0.05, 0) is 24.6 Å². The molecule has 1 heterocycles. The van der Waals surface area contributed by atoms with E-state index in [9.17, 15) is 0 Å². The molecule has 3 rings (SSSR count). The summed E-state index contributed by atoms with van der Waals surface area (Å²) in [6.45, 7) is 2.02. The molecule has 0 bridgehead atoms. The third kappa shape index (κ3) is 2.91. The first-order valence-electron chi connectivity index (χ1n) is 6.78. The summed E-state index contributed by atoms with van der Waals surface area (Å²) in [7, 11) is 0. The van der Waals surface area contributed by atoms with Gasteiger partial charge in [0.15, 0.2) is 0 Å². The van der Waals surface area contributed by atoms with Crippen LogP contribution in [-0.4, -0.2) is 9.97 Å². The van der Waals surface area contributed by atoms with Gasteiger partial charge in [-0.2, -0.15) is 0 Å². The van der Waals surface area contributed by atoms with Gasteiger partial charge in [0.2, 0.25) is 0 Å². The highest BCUT2D eigenvalue weighted by Crippen LogP contribution is 2.26. The van der Waals surface area contributed by atoms with Crippen LogP contribution in [0.5, 0.6) is 0 Å². The fourth-order valence-corrected chi connectivity index (χ4v) is 2.77. The molecule has 1 aromatic heterocycles. The van der Waals surface area contributed by atoms with Gasteiger partial charge in [-0.1, -0.05) is 58.4 Å². The lowest BCUT2D eigenvalue weighted by atomic mass is 10.1. The number of aromatic nitrogens is 2. The van der Waals surface area contributed by atoms with Crippen LogP contribution >= 0.6 is 15.9 Å². The summed E-state index contributed by atoms with van der Waals surface area (Å²) in [5.74, 6) is 0.786. The molecule has 106 valence electrons. The Balaban J connectivity index is 1.98. The molecule has 1 unspecified atom stereocenters. The Morgan fingerprint density at radius 1 is 1.10 bits per heavy atom. The maximum atomic E-state index is 6.30. The maximum absolute atomic E-state index is 6.30. The third-order valence-electron chi connectivity index (χ3n) is 3.45. The standard InChI is InChI=1S/C17H16BrN3/c1-11-16(13-8-5-9-14(18)10-13)21-17(20-11)15(19)12-6-3-2-4-7-12/h2-10,15H,19H2,1H3,(H,20,21). The second-order valence-corrected chi connectivity index (χ2v) is 5.91. The zero-order valence-corrected chi connectivity index (χ0v) is 13.3. The highest BCUT2D eigenvalue weighted by atomic mass is 79.9. The van der Waals surface area contributed by atoms with Crippen molar-refractivity contribution in [1.29, 1.82) is 0 Å². The largest absolute Gasteiger partial charge is 0.344 e. The van der Waals surface area contributed by atoms with Crippen LogP contribution < -0.4 is 5.73 Å². The summed E-state index contributed by atoms with van der Waals surface area (Å²) in [5.41, 5.74) is 10.4. The normalized spacial score (nSPS) is 12.3. The van der Waals surface area contributed by atoms with E-state index in [-0.39, 0.29) is 6.04 Å². The minimum Gasteiger partial charge on any atom is -0.344 e. The first-order valence-corrected chi connectivity index (χ1v) is 7.57. The Bertz CT molecular complexity index is 750. The second kappa shape index (κ2) is 5.84. The first-order chi connectivity index (χ1) is 10.1. The van der Waals surface area contributed by atoms with Crippen LogP contribution in [0, 0.1) is 6.92 Å². The smallest absolute Gasteiger partial charge is 0.128 e. The second-order valence-electron chi connectivity index (χ2n) is 4.99. The van der Waals surface area contributed by atoms with Crippen molar-refractivity contribution in [2.45, 2.75) is 13.0 Å². The average molecular weight is 342 g/mol. The zero-order valence-electron chi connectivity index (χ0n) is 11.7. The summed E-state index contributed by atoms with van der Waals surface area (Å²) < 4.78 is 1.04. The van der Waals surface area contributed by atoms with E-state index in [2.05, 4.69) is 27.0 Å². The third-order valence-corrected chi connectivity index (χ3v) is 3.95. The molecule has 0 saturated heterocycles. The van der Waals surface area contributed by atoms with Gasteiger partial charge in [-0.3, -0.25) is 0 Å². The predicted molar refractivity (Wildman–Crippen MR) is 88.9 cm³/mol. The van der Waals surface area contributed by atoms with E-state index < -0.39 is 0 Å². The Morgan fingerprint density at radius 2 is 1.86 bits per heavy atom. The first kappa shape index (κ1) is 14.0. The van der Waals surface area contributed by atoms with Crippen molar-refractivity contribution in [3.63, 3.8) is 0 Å². The van der Waals surface area contributed by atoms with Crippen LogP contribution in [0.25, 0.3) is 11.3 Å². The summed E-state index contributed by atoms with van der Waals surface area (Å²) in [6, 6.07) is 17.9. The van der Waals surface area contributed by atoms with E-state index in [0.29, 0.717) is 0 Å². The lowest BCUT2D eigenvalue weighted by Gasteiger charge is -2.08. The van der Waals surface area contributed by atoms with Gasteiger partial charge >= 0.3 is 0 Å². The molecule has 21 heavy (non-hydrogen) atoms. The lowest BCUT2D eigenvalue weighted by molar-refractivity contribution is 0.799. The number of aromatic amines is 1. The van der Waals surface area contributed by atoms with E-state index in [1.54, 1.807) is 0 Å². The predicted octanol–water partition coefficient (Wildman–Crippen LogP) is 4.20. The van der Waals surface area contributed by atoms with Crippen LogP contribution in [0.4, 0.5) is 0 Å². The Labute approximate surface area is 132 Å². The summed E-state index contributed by atoms with van der Waals surface area (Å²) >= 11 is 3.49. The summed E-state index contributed by atoms with van der Waals surface area (Å²) in [6.07, 6.45) is 0. The molecule has 0 radical (unpaired) electrons. The van der Waals surface area contributed by atoms with Crippen LogP contribution in [0.1, 0.15) is 23.1 Å². The molecule has 0 aliphatic carbocycles. The number of benzene rings is 2. The molecule has 0 saturated carbocycles. The van der Waals surface area contributed by atoms with E-state index in [0.717, 1.165) is 32.8 Å². The van der Waals surface area contributed by atoms with Gasteiger partial charge in [0.25, 0.3) is 0 Å². The minimum atomic E-state index is -0.245. The number of nitrogens with two attached hydrogens (primary N) is 1. The summed E-state index contributed by atoms with van der Waals surface area (Å²) in [4.78, 5) is 8.01. The lowest BCUT2D eigenvalue weighted by Crippen LogP contribution is -2.13. The van der Waals surface area contributed by atoms with E-state index in [1.165, 1.54) is 0 Å². The van der Waals surface area contributed by atoms with Crippen LogP contribution in [0.2, 0.25) is 0 Å². The highest BCUT2D eigenvalue weighted by Gasteiger charge is 2.16. The average Bonchev–Trinajstić information content (AvgIpc) is 2.89. The molecule has 1 atom stereocenters. The minimum absolute atomic E-state index is 0.245. The number of hydrogen-bond acceptors (Lipinski definition) is 2. The number of hydrogen-bond donors (Lipinski definition) is 2. The van der Waals surface area contributed by atoms with Gasteiger partial charge in [-0.15, -0.1) is 0 Å². The number of rotatable bonds is 3. The molecule has 0 amide bonds. The Morgan fingerprint density at radius 3 is 2.57 bits per heavy atom. The van der Waals surface area contributed by atoms with Crippen molar-refractivity contribution in [2.24, 2.45) is 5.73 Å². The van der Waals surface area contributed by atoms with Crippen LogP contribution in [-0.2, 0) is 0 Å². The molecule has 0 aliphatic rings. The molecular weight excluding hydrogens is 326 g/mol. The highest BCUT2D eigenvalue weighted by molar-refractivity contribution is 9.10. The van der Waals surface area contributed by atoms with Gasteiger partial charge in [0.1, 0.15) is 5.82 Å². The quantitative estimate of drug-likeness (QED) is 0.750. The van der Waals surface area contributed by atoms with E-state index in [1.807, 2.05) is 55.5 Å². The van der Waals surface area contributed by atoms with Crippen molar-refractivity contribution in [1.82, 2.24) is 9.97 Å². The molecule has 4 heteroatoms. The number of nitrogens with one attached hydrogen (secondary N) is 1. The van der Waals surface area contributed by atoms with Crippen molar-refractivity contribution in [2.75, 3.05) is 0 Å². The van der Waals surface area contributed by atoms with Gasteiger partial charge in [0, 0.05) is 15.7 Å². The molecule has 3 aromatic rings. The Hall–Kier alpha value is -1.91. The van der Waals surface area contributed by atoms with Gasteiger partial charge in [0.05, 0.1) is 11.7 Å². The molecule has 3 nitrogen and oxygen atoms in total. The van der Waals surface area contributed by atoms with E-state index in [4.69, 9.17) is 10.7 Å². The molecule has 2 aromatic carbocycles. The fraction of sp³-hybridized carbons (Fsp3) is 0.118. The number of H-pyrrole nitrogens is 1. The van der Waals surface area contributed by atoms with Gasteiger partial charge in [-0.25, -0.2) is 4.98 Å². The van der Waals surface area contributed by atoms with Crippen molar-refractivity contribution >= 4 is 15.9 Å². The molecular formula is C17H16BrN3. The van der Waals surface area contributed by atoms with E-state index >= 15 is 0 Å². The van der Waals surface area contributed by atoms with Crippen LogP contribution in [0.3, 0.4) is 0 Å². The van der Waals surface area contributed by atoms with Crippen molar-refractivity contribution in [3.8, 4) is 11.3 Å². The Kier molecular flexibility index (Phi) is 3.90. The molecule has 3 N–H and O–H groups in total. The topological polar surface area (TPSA) is 54.7 Å². The number of aryl methyl sites for hydroxylation is 1. The van der Waals surface area contributed by atoms with Gasteiger partial charge < -0.3 is 10.7 Å².